The van der Waals surface area contributed by atoms with Crippen molar-refractivity contribution >= 4 is 17.9 Å². The zero-order valence-electron chi connectivity index (χ0n) is 40.5. The summed E-state index contributed by atoms with van der Waals surface area (Å²) in [5.74, 6) is -0.865. The predicted molar refractivity (Wildman–Crippen MR) is 256 cm³/mol. The Bertz CT molecular complexity index is 931. The van der Waals surface area contributed by atoms with Crippen molar-refractivity contribution in [3.05, 3.63) is 12.2 Å². The highest BCUT2D eigenvalue weighted by atomic mass is 16.6. The molecule has 0 amide bonds. The molecular weight excluding hydrogens is 745 g/mol. The maximum atomic E-state index is 12.8. The topological polar surface area (TPSA) is 78.9 Å². The van der Waals surface area contributed by atoms with Gasteiger partial charge in [0.15, 0.2) is 6.10 Å². The summed E-state index contributed by atoms with van der Waals surface area (Å²) in [6, 6.07) is 0. The van der Waals surface area contributed by atoms with E-state index >= 15 is 0 Å². The third-order valence-electron chi connectivity index (χ3n) is 12.0. The third-order valence-corrected chi connectivity index (χ3v) is 12.0. The van der Waals surface area contributed by atoms with E-state index in [0.717, 1.165) is 77.0 Å². The van der Waals surface area contributed by atoms with Crippen molar-refractivity contribution in [2.75, 3.05) is 13.2 Å². The lowest BCUT2D eigenvalue weighted by Crippen LogP contribution is -2.30. The molecule has 6 nitrogen and oxygen atoms in total. The van der Waals surface area contributed by atoms with Crippen LogP contribution in [0.1, 0.15) is 297 Å². The Kier molecular flexibility index (Phi) is 48.3. The average molecular weight is 847 g/mol. The molecule has 0 radical (unpaired) electrons. The molecule has 1 atom stereocenters. The van der Waals surface area contributed by atoms with E-state index in [9.17, 15) is 14.4 Å². The molecule has 0 aliphatic carbocycles. The molecule has 0 aromatic carbocycles. The Morgan fingerprint density at radius 3 is 0.883 bits per heavy atom. The zero-order chi connectivity index (χ0) is 43.7. The summed E-state index contributed by atoms with van der Waals surface area (Å²) in [6.45, 7) is 6.62. The van der Waals surface area contributed by atoms with Crippen LogP contribution in [-0.4, -0.2) is 37.2 Å². The van der Waals surface area contributed by atoms with E-state index in [1.807, 2.05) is 0 Å². The van der Waals surface area contributed by atoms with Crippen molar-refractivity contribution < 1.29 is 28.6 Å². The molecule has 0 aliphatic heterocycles. The Morgan fingerprint density at radius 2 is 0.567 bits per heavy atom. The summed E-state index contributed by atoms with van der Waals surface area (Å²) in [5.41, 5.74) is 0. The van der Waals surface area contributed by atoms with E-state index < -0.39 is 6.10 Å². The van der Waals surface area contributed by atoms with Gasteiger partial charge in [-0.05, 0) is 38.5 Å². The fourth-order valence-electron chi connectivity index (χ4n) is 7.95. The lowest BCUT2D eigenvalue weighted by atomic mass is 10.0. The number of unbranched alkanes of at least 4 members (excludes halogenated alkanes) is 36. The number of carbonyl (C=O) groups excluding carboxylic acids is 3. The van der Waals surface area contributed by atoms with Crippen LogP contribution in [0, 0.1) is 0 Å². The number of hydrogen-bond donors (Lipinski definition) is 0. The maximum absolute atomic E-state index is 12.8. The molecule has 60 heavy (non-hydrogen) atoms. The Labute approximate surface area is 373 Å². The van der Waals surface area contributed by atoms with Crippen molar-refractivity contribution in [1.29, 1.82) is 0 Å². The third kappa shape index (κ3) is 47.2. The lowest BCUT2D eigenvalue weighted by Gasteiger charge is -2.18. The molecule has 0 aliphatic rings. The van der Waals surface area contributed by atoms with Gasteiger partial charge in [-0.25, -0.2) is 0 Å². The molecular formula is C54H102O6. The van der Waals surface area contributed by atoms with Gasteiger partial charge >= 0.3 is 17.9 Å². The van der Waals surface area contributed by atoms with Crippen LogP contribution in [0.2, 0.25) is 0 Å². The molecule has 1 unspecified atom stereocenters. The van der Waals surface area contributed by atoms with Gasteiger partial charge in [0.05, 0.1) is 0 Å². The monoisotopic (exact) mass is 847 g/mol. The van der Waals surface area contributed by atoms with Crippen molar-refractivity contribution in [2.24, 2.45) is 0 Å². The summed E-state index contributed by atoms with van der Waals surface area (Å²) >= 11 is 0. The molecule has 0 spiro atoms. The van der Waals surface area contributed by atoms with Gasteiger partial charge in [0.25, 0.3) is 0 Å². The molecule has 0 saturated carbocycles. The minimum absolute atomic E-state index is 0.0681. The summed E-state index contributed by atoms with van der Waals surface area (Å²) in [5, 5.41) is 0. The van der Waals surface area contributed by atoms with Crippen LogP contribution in [0.3, 0.4) is 0 Å². The normalized spacial score (nSPS) is 12.0. The van der Waals surface area contributed by atoms with Crippen LogP contribution < -0.4 is 0 Å². The summed E-state index contributed by atoms with van der Waals surface area (Å²) in [6.07, 6.45) is 54.9. The summed E-state index contributed by atoms with van der Waals surface area (Å²) < 4.78 is 16.8. The molecule has 0 N–H and O–H groups in total. The number of carbonyl (C=O) groups is 3. The van der Waals surface area contributed by atoms with Gasteiger partial charge < -0.3 is 14.2 Å². The van der Waals surface area contributed by atoms with E-state index in [4.69, 9.17) is 14.2 Å². The number of esters is 3. The smallest absolute Gasteiger partial charge is 0.306 e. The average Bonchev–Trinajstić information content (AvgIpc) is 3.24. The quantitative estimate of drug-likeness (QED) is 0.0263. The Balaban J connectivity index is 4.24. The molecule has 6 heteroatoms. The second-order valence-corrected chi connectivity index (χ2v) is 18.2. The largest absolute Gasteiger partial charge is 0.462 e. The second kappa shape index (κ2) is 49.8. The van der Waals surface area contributed by atoms with E-state index in [1.54, 1.807) is 0 Å². The number of ether oxygens (including phenoxy) is 3. The van der Waals surface area contributed by atoms with E-state index in [-0.39, 0.29) is 31.1 Å². The first kappa shape index (κ1) is 58.1. The second-order valence-electron chi connectivity index (χ2n) is 18.2. The first-order valence-electron chi connectivity index (χ1n) is 26.7. The SMILES string of the molecule is CCCC/C=C\CCCCCCC(=O)OCC(COC(=O)CCCCCCCCCCCCCCCCCCCCC)OC(=O)CCCCCCCCCCCCCCC. The summed E-state index contributed by atoms with van der Waals surface area (Å²) in [4.78, 5) is 37.9. The van der Waals surface area contributed by atoms with Crippen LogP contribution in [-0.2, 0) is 28.6 Å². The van der Waals surface area contributed by atoms with E-state index in [1.165, 1.54) is 180 Å². The molecule has 0 aromatic rings. The van der Waals surface area contributed by atoms with Gasteiger partial charge in [0, 0.05) is 19.3 Å². The van der Waals surface area contributed by atoms with Gasteiger partial charge in [-0.2, -0.15) is 0 Å². The highest BCUT2D eigenvalue weighted by Gasteiger charge is 2.19. The molecule has 0 heterocycles. The van der Waals surface area contributed by atoms with Crippen molar-refractivity contribution in [3.8, 4) is 0 Å². The number of hydrogen-bond acceptors (Lipinski definition) is 6. The maximum Gasteiger partial charge on any atom is 0.306 e. The lowest BCUT2D eigenvalue weighted by molar-refractivity contribution is -0.167. The highest BCUT2D eigenvalue weighted by molar-refractivity contribution is 5.71. The number of allylic oxidation sites excluding steroid dienone is 2. The molecule has 0 fully saturated rings. The molecule has 0 saturated heterocycles. The van der Waals surface area contributed by atoms with Crippen molar-refractivity contribution in [2.45, 2.75) is 303 Å². The standard InChI is InChI=1S/C54H102O6/c1-4-7-10-13-16-19-22-24-25-26-27-28-29-31-32-35-38-41-44-47-53(56)59-50-51(49-58-52(55)46-43-40-37-34-21-18-15-12-9-6-3)60-54(57)48-45-42-39-36-33-30-23-20-17-14-11-8-5-2/h15,18,51H,4-14,16-17,19-50H2,1-3H3/b18-15-. The number of rotatable bonds is 49. The fraction of sp³-hybridized carbons (Fsp3) is 0.907. The van der Waals surface area contributed by atoms with E-state index in [0.29, 0.717) is 19.3 Å². The van der Waals surface area contributed by atoms with Gasteiger partial charge in [0.1, 0.15) is 13.2 Å². The van der Waals surface area contributed by atoms with Gasteiger partial charge in [-0.3, -0.25) is 14.4 Å². The molecule has 0 bridgehead atoms. The van der Waals surface area contributed by atoms with Crippen LogP contribution >= 0.6 is 0 Å². The molecule has 354 valence electrons. The van der Waals surface area contributed by atoms with Crippen molar-refractivity contribution in [3.63, 3.8) is 0 Å². The van der Waals surface area contributed by atoms with Crippen LogP contribution in [0.25, 0.3) is 0 Å². The van der Waals surface area contributed by atoms with E-state index in [2.05, 4.69) is 32.9 Å². The first-order valence-corrected chi connectivity index (χ1v) is 26.7. The van der Waals surface area contributed by atoms with Crippen molar-refractivity contribution in [1.82, 2.24) is 0 Å². The highest BCUT2D eigenvalue weighted by Crippen LogP contribution is 2.17. The first-order chi connectivity index (χ1) is 29.5. The Hall–Kier alpha value is -1.85. The van der Waals surface area contributed by atoms with Gasteiger partial charge in [-0.1, -0.05) is 251 Å². The fourth-order valence-corrected chi connectivity index (χ4v) is 7.95. The minimum atomic E-state index is -0.767. The molecule has 0 rings (SSSR count). The summed E-state index contributed by atoms with van der Waals surface area (Å²) in [7, 11) is 0. The Morgan fingerprint density at radius 1 is 0.317 bits per heavy atom. The van der Waals surface area contributed by atoms with Gasteiger partial charge in [-0.15, -0.1) is 0 Å². The zero-order valence-corrected chi connectivity index (χ0v) is 40.5. The predicted octanol–water partition coefficient (Wildman–Crippen LogP) is 17.4. The van der Waals surface area contributed by atoms with Crippen LogP contribution in [0.15, 0.2) is 12.2 Å². The van der Waals surface area contributed by atoms with Gasteiger partial charge in [0.2, 0.25) is 0 Å². The van der Waals surface area contributed by atoms with Crippen LogP contribution in [0.5, 0.6) is 0 Å². The minimum Gasteiger partial charge on any atom is -0.462 e. The molecule has 0 aromatic heterocycles. The van der Waals surface area contributed by atoms with Crippen LogP contribution in [0.4, 0.5) is 0 Å².